The third-order valence-electron chi connectivity index (χ3n) is 4.71. The number of carboxylic acids is 1. The number of amides is 1. The molecule has 0 radical (unpaired) electrons. The van der Waals surface area contributed by atoms with Gasteiger partial charge in [-0.2, -0.15) is 0 Å². The molecule has 0 saturated heterocycles. The topological polar surface area (TPSA) is 69.6 Å². The fourth-order valence-corrected chi connectivity index (χ4v) is 4.43. The molecule has 1 heterocycles. The first-order chi connectivity index (χ1) is 12.0. The minimum Gasteiger partial charge on any atom is -0.480 e. The smallest absolute Gasteiger partial charge is 0.317 e. The van der Waals surface area contributed by atoms with Crippen LogP contribution in [0.2, 0.25) is 5.02 Å². The van der Waals surface area contributed by atoms with Gasteiger partial charge in [-0.25, -0.2) is 0 Å². The molecule has 1 aliphatic rings. The Hall–Kier alpha value is -1.63. The number of carbonyl (C=O) groups excluding carboxylic acids is 1. The molecule has 1 aromatic heterocycles. The summed E-state index contributed by atoms with van der Waals surface area (Å²) in [5, 5.41) is 15.7. The fourth-order valence-electron chi connectivity index (χ4n) is 3.32. The van der Waals surface area contributed by atoms with Gasteiger partial charge in [0.1, 0.15) is 0 Å². The predicted molar refractivity (Wildman–Crippen MR) is 100 cm³/mol. The summed E-state index contributed by atoms with van der Waals surface area (Å²) in [6.45, 7) is 2.73. The highest BCUT2D eigenvalue weighted by molar-refractivity contribution is 7.17. The molecule has 0 atom stereocenters. The number of thiophene rings is 1. The predicted octanol–water partition coefficient (Wildman–Crippen LogP) is 3.15. The lowest BCUT2D eigenvalue weighted by Crippen LogP contribution is -2.55. The molecule has 0 unspecified atom stereocenters. The first kappa shape index (κ1) is 18.2. The van der Waals surface area contributed by atoms with Gasteiger partial charge in [0.25, 0.3) is 0 Å². The number of benzene rings is 1. The number of fused-ring (bicyclic) bond motifs is 1. The molecule has 2 N–H and O–H groups in total. The maximum atomic E-state index is 12.3. The highest BCUT2D eigenvalue weighted by atomic mass is 35.5. The second-order valence-electron chi connectivity index (χ2n) is 6.42. The summed E-state index contributed by atoms with van der Waals surface area (Å²) >= 11 is 7.67. The molecule has 5 nitrogen and oxygen atoms in total. The maximum Gasteiger partial charge on any atom is 0.317 e. The van der Waals surface area contributed by atoms with Crippen molar-refractivity contribution in [2.24, 2.45) is 0 Å². The molecule has 134 valence electrons. The monoisotopic (exact) mass is 380 g/mol. The molecule has 0 spiro atoms. The zero-order valence-corrected chi connectivity index (χ0v) is 15.6. The van der Waals surface area contributed by atoms with Crippen molar-refractivity contribution < 1.29 is 14.7 Å². The summed E-state index contributed by atoms with van der Waals surface area (Å²) in [6.07, 6.45) is 1.96. The Balaban J connectivity index is 1.52. The van der Waals surface area contributed by atoms with E-state index in [0.717, 1.165) is 28.5 Å². The Kier molecular flexibility index (Phi) is 5.61. The van der Waals surface area contributed by atoms with E-state index in [1.54, 1.807) is 11.3 Å². The van der Waals surface area contributed by atoms with Gasteiger partial charge in [0.15, 0.2) is 0 Å². The van der Waals surface area contributed by atoms with Gasteiger partial charge in [0, 0.05) is 21.8 Å². The fraction of sp³-hybridized carbons (Fsp3) is 0.444. The number of aliphatic carboxylic acids is 1. The van der Waals surface area contributed by atoms with Crippen LogP contribution in [0.5, 0.6) is 0 Å². The number of nitrogens with one attached hydrogen (secondary N) is 1. The summed E-state index contributed by atoms with van der Waals surface area (Å²) < 4.78 is 1.13. The van der Waals surface area contributed by atoms with E-state index >= 15 is 0 Å². The molecule has 2 aromatic rings. The summed E-state index contributed by atoms with van der Waals surface area (Å²) in [4.78, 5) is 25.1. The Morgan fingerprint density at radius 1 is 1.40 bits per heavy atom. The van der Waals surface area contributed by atoms with Crippen LogP contribution in [0.1, 0.15) is 25.3 Å². The van der Waals surface area contributed by atoms with Crippen LogP contribution in [-0.2, 0) is 16.0 Å². The maximum absolute atomic E-state index is 12.3. The molecule has 7 heteroatoms. The van der Waals surface area contributed by atoms with Crippen molar-refractivity contribution in [3.8, 4) is 0 Å². The van der Waals surface area contributed by atoms with Gasteiger partial charge in [0.2, 0.25) is 5.91 Å². The van der Waals surface area contributed by atoms with E-state index in [9.17, 15) is 9.59 Å². The van der Waals surface area contributed by atoms with Crippen LogP contribution in [0.3, 0.4) is 0 Å². The van der Waals surface area contributed by atoms with E-state index in [0.29, 0.717) is 18.0 Å². The standard InChI is InChI=1S/C18H21ClN2O3S/c1-2-21(9-18(23)24)14-7-13(8-14)20-17(22)5-11-10-25-16-4-3-12(19)6-15(11)16/h3-4,6,10,13-14H,2,5,7-9H2,1H3,(H,20,22)(H,23,24). The van der Waals surface area contributed by atoms with E-state index in [-0.39, 0.29) is 24.5 Å². The van der Waals surface area contributed by atoms with Crippen LogP contribution >= 0.6 is 22.9 Å². The van der Waals surface area contributed by atoms with Crippen LogP contribution < -0.4 is 5.32 Å². The average molecular weight is 381 g/mol. The van der Waals surface area contributed by atoms with Gasteiger partial charge in [-0.3, -0.25) is 14.5 Å². The number of hydrogen-bond donors (Lipinski definition) is 2. The minimum absolute atomic E-state index is 0.00408. The molecule has 0 bridgehead atoms. The van der Waals surface area contributed by atoms with Gasteiger partial charge < -0.3 is 10.4 Å². The summed E-state index contributed by atoms with van der Waals surface area (Å²) in [7, 11) is 0. The van der Waals surface area contributed by atoms with Gasteiger partial charge in [-0.15, -0.1) is 11.3 Å². The lowest BCUT2D eigenvalue weighted by atomic mass is 9.85. The summed E-state index contributed by atoms with van der Waals surface area (Å²) in [5.41, 5.74) is 0.997. The van der Waals surface area contributed by atoms with Crippen LogP contribution in [-0.4, -0.2) is 47.1 Å². The Morgan fingerprint density at radius 3 is 2.84 bits per heavy atom. The van der Waals surface area contributed by atoms with Crippen LogP contribution in [0.15, 0.2) is 23.6 Å². The molecule has 1 aliphatic carbocycles. The van der Waals surface area contributed by atoms with Crippen molar-refractivity contribution >= 4 is 44.9 Å². The van der Waals surface area contributed by atoms with Crippen molar-refractivity contribution in [3.05, 3.63) is 34.2 Å². The van der Waals surface area contributed by atoms with E-state index < -0.39 is 5.97 Å². The van der Waals surface area contributed by atoms with Gasteiger partial charge in [-0.05, 0) is 53.9 Å². The van der Waals surface area contributed by atoms with Crippen LogP contribution in [0.4, 0.5) is 0 Å². The summed E-state index contributed by atoms with van der Waals surface area (Å²) in [5.74, 6) is -0.804. The average Bonchev–Trinajstić information content (AvgIpc) is 2.90. The molecule has 3 rings (SSSR count). The molecule has 1 saturated carbocycles. The first-order valence-electron chi connectivity index (χ1n) is 8.37. The van der Waals surface area contributed by atoms with Crippen molar-refractivity contribution in [1.29, 1.82) is 0 Å². The number of rotatable bonds is 7. The van der Waals surface area contributed by atoms with E-state index in [2.05, 4.69) is 5.32 Å². The van der Waals surface area contributed by atoms with Crippen molar-refractivity contribution in [3.63, 3.8) is 0 Å². The van der Waals surface area contributed by atoms with E-state index in [4.69, 9.17) is 16.7 Å². The second-order valence-corrected chi connectivity index (χ2v) is 7.77. The largest absolute Gasteiger partial charge is 0.480 e. The number of nitrogens with zero attached hydrogens (tertiary/aromatic N) is 1. The Morgan fingerprint density at radius 2 is 2.16 bits per heavy atom. The van der Waals surface area contributed by atoms with Gasteiger partial charge in [0.05, 0.1) is 13.0 Å². The highest BCUT2D eigenvalue weighted by Gasteiger charge is 2.34. The minimum atomic E-state index is -0.808. The lowest BCUT2D eigenvalue weighted by Gasteiger charge is -2.42. The number of likely N-dealkylation sites (N-methyl/N-ethyl adjacent to an activating group) is 1. The van der Waals surface area contributed by atoms with E-state index in [1.165, 1.54) is 0 Å². The zero-order valence-electron chi connectivity index (χ0n) is 14.0. The third-order valence-corrected chi connectivity index (χ3v) is 5.95. The molecule has 1 amide bonds. The van der Waals surface area contributed by atoms with Crippen molar-refractivity contribution in [1.82, 2.24) is 10.2 Å². The van der Waals surface area contributed by atoms with Gasteiger partial charge >= 0.3 is 5.97 Å². The SMILES string of the molecule is CCN(CC(=O)O)C1CC(NC(=O)Cc2csc3ccc(Cl)cc23)C1. The highest BCUT2D eigenvalue weighted by Crippen LogP contribution is 2.29. The number of carbonyl (C=O) groups is 2. The molecular formula is C18H21ClN2O3S. The van der Waals surface area contributed by atoms with Crippen molar-refractivity contribution in [2.75, 3.05) is 13.1 Å². The zero-order chi connectivity index (χ0) is 18.0. The molecule has 25 heavy (non-hydrogen) atoms. The quantitative estimate of drug-likeness (QED) is 0.774. The van der Waals surface area contributed by atoms with Crippen LogP contribution in [0.25, 0.3) is 10.1 Å². The molecule has 1 aromatic carbocycles. The Bertz CT molecular complexity index is 786. The number of carboxylic acid groups (broad SMARTS) is 1. The van der Waals surface area contributed by atoms with Crippen molar-refractivity contribution in [2.45, 2.75) is 38.3 Å². The molecular weight excluding hydrogens is 360 g/mol. The third kappa shape index (κ3) is 4.32. The molecule has 0 aliphatic heterocycles. The normalized spacial score (nSPS) is 19.8. The molecule has 1 fully saturated rings. The second kappa shape index (κ2) is 7.72. The van der Waals surface area contributed by atoms with Crippen LogP contribution in [0, 0.1) is 0 Å². The van der Waals surface area contributed by atoms with E-state index in [1.807, 2.05) is 35.4 Å². The van der Waals surface area contributed by atoms with Gasteiger partial charge in [-0.1, -0.05) is 18.5 Å². The first-order valence-corrected chi connectivity index (χ1v) is 9.63. The summed E-state index contributed by atoms with van der Waals surface area (Å²) in [6, 6.07) is 6.11. The lowest BCUT2D eigenvalue weighted by molar-refractivity contribution is -0.139. The Labute approximate surface area is 155 Å². The number of hydrogen-bond acceptors (Lipinski definition) is 4. The number of halogens is 1.